The highest BCUT2D eigenvalue weighted by molar-refractivity contribution is 5.80. The fourth-order valence-corrected chi connectivity index (χ4v) is 4.40. The van der Waals surface area contributed by atoms with Crippen molar-refractivity contribution in [1.82, 2.24) is 0 Å². The van der Waals surface area contributed by atoms with E-state index in [0.717, 1.165) is 32.6 Å². The lowest BCUT2D eigenvalue weighted by molar-refractivity contribution is 0.744. The first-order valence-electron chi connectivity index (χ1n) is 11.0. The molecule has 0 spiro atoms. The Hall–Kier alpha value is -1.96. The van der Waals surface area contributed by atoms with Crippen molar-refractivity contribution in [3.63, 3.8) is 0 Å². The number of rotatable bonds is 10. The topological polar surface area (TPSA) is 6.48 Å². The molecule has 0 amide bonds. The van der Waals surface area contributed by atoms with Gasteiger partial charge in [0.15, 0.2) is 0 Å². The number of fused-ring (bicyclic) bond motifs is 3. The number of anilines is 2. The highest BCUT2D eigenvalue weighted by Crippen LogP contribution is 2.40. The smallest absolute Gasteiger partial charge is 0.0369 e. The van der Waals surface area contributed by atoms with Crippen LogP contribution in [0.3, 0.4) is 0 Å². The quantitative estimate of drug-likeness (QED) is 0.404. The van der Waals surface area contributed by atoms with Crippen molar-refractivity contribution in [2.75, 3.05) is 36.0 Å². The second kappa shape index (κ2) is 9.30. The summed E-state index contributed by atoms with van der Waals surface area (Å²) in [5.74, 6) is 0. The molecular weight excluding hydrogens is 328 g/mol. The van der Waals surface area contributed by atoms with Crippen molar-refractivity contribution >= 4 is 11.4 Å². The molecule has 0 N–H and O–H groups in total. The van der Waals surface area contributed by atoms with Crippen molar-refractivity contribution in [2.24, 2.45) is 0 Å². The molecule has 0 unspecified atom stereocenters. The predicted octanol–water partition coefficient (Wildman–Crippen LogP) is 6.51. The molecule has 0 aliphatic heterocycles. The molecule has 3 rings (SSSR count). The first kappa shape index (κ1) is 19.8. The van der Waals surface area contributed by atoms with Gasteiger partial charge >= 0.3 is 0 Å². The van der Waals surface area contributed by atoms with E-state index in [1.807, 2.05) is 0 Å². The summed E-state index contributed by atoms with van der Waals surface area (Å²) in [4.78, 5) is 5.08. The van der Waals surface area contributed by atoms with Crippen LogP contribution in [-0.4, -0.2) is 26.2 Å². The lowest BCUT2D eigenvalue weighted by Crippen LogP contribution is -2.24. The number of hydrogen-bond donors (Lipinski definition) is 0. The van der Waals surface area contributed by atoms with E-state index in [2.05, 4.69) is 73.9 Å². The summed E-state index contributed by atoms with van der Waals surface area (Å²) >= 11 is 0. The second-order valence-electron chi connectivity index (χ2n) is 7.83. The van der Waals surface area contributed by atoms with Crippen LogP contribution in [0.4, 0.5) is 11.4 Å². The van der Waals surface area contributed by atoms with Crippen LogP contribution >= 0.6 is 0 Å². The summed E-state index contributed by atoms with van der Waals surface area (Å²) in [6.07, 6.45) is 5.87. The fourth-order valence-electron chi connectivity index (χ4n) is 4.40. The Labute approximate surface area is 166 Å². The van der Waals surface area contributed by atoms with Gasteiger partial charge in [0.25, 0.3) is 0 Å². The monoisotopic (exact) mass is 364 g/mol. The molecule has 0 radical (unpaired) electrons. The van der Waals surface area contributed by atoms with Crippen molar-refractivity contribution in [1.29, 1.82) is 0 Å². The Morgan fingerprint density at radius 3 is 1.30 bits per heavy atom. The summed E-state index contributed by atoms with van der Waals surface area (Å²) in [7, 11) is 0. The molecule has 0 saturated carbocycles. The maximum Gasteiger partial charge on any atom is 0.0369 e. The normalized spacial score (nSPS) is 12.0. The molecule has 2 heteroatoms. The third-order valence-electron chi connectivity index (χ3n) is 5.55. The molecular formula is C25H36N2. The van der Waals surface area contributed by atoms with Crippen LogP contribution in [0, 0.1) is 0 Å². The highest BCUT2D eigenvalue weighted by Gasteiger charge is 2.21. The van der Waals surface area contributed by atoms with E-state index in [9.17, 15) is 0 Å². The van der Waals surface area contributed by atoms with E-state index in [0.29, 0.717) is 0 Å². The van der Waals surface area contributed by atoms with Gasteiger partial charge in [0, 0.05) is 37.6 Å². The van der Waals surface area contributed by atoms with Gasteiger partial charge in [-0.15, -0.1) is 0 Å². The summed E-state index contributed by atoms with van der Waals surface area (Å²) in [6, 6.07) is 14.2. The molecule has 146 valence electrons. The zero-order valence-electron chi connectivity index (χ0n) is 17.7. The van der Waals surface area contributed by atoms with Gasteiger partial charge in [-0.3, -0.25) is 0 Å². The fraction of sp³-hybridized carbons (Fsp3) is 0.520. The van der Waals surface area contributed by atoms with Crippen molar-refractivity contribution in [3.05, 3.63) is 47.5 Å². The van der Waals surface area contributed by atoms with Crippen LogP contribution in [0.2, 0.25) is 0 Å². The minimum Gasteiger partial charge on any atom is -0.372 e. The van der Waals surface area contributed by atoms with E-state index < -0.39 is 0 Å². The summed E-state index contributed by atoms with van der Waals surface area (Å²) < 4.78 is 0. The third kappa shape index (κ3) is 4.31. The Morgan fingerprint density at radius 2 is 0.963 bits per heavy atom. The zero-order valence-corrected chi connectivity index (χ0v) is 17.7. The van der Waals surface area contributed by atoms with E-state index in [1.165, 1.54) is 59.3 Å². The first-order valence-corrected chi connectivity index (χ1v) is 11.0. The Bertz CT molecular complexity index is 674. The molecule has 0 heterocycles. The van der Waals surface area contributed by atoms with Crippen molar-refractivity contribution in [2.45, 2.75) is 59.8 Å². The van der Waals surface area contributed by atoms with Gasteiger partial charge in [-0.2, -0.15) is 0 Å². The molecule has 27 heavy (non-hydrogen) atoms. The molecule has 2 aromatic carbocycles. The van der Waals surface area contributed by atoms with E-state index >= 15 is 0 Å². The Balaban J connectivity index is 1.86. The predicted molar refractivity (Wildman–Crippen MR) is 120 cm³/mol. The van der Waals surface area contributed by atoms with Gasteiger partial charge in [0.05, 0.1) is 0 Å². The highest BCUT2D eigenvalue weighted by atomic mass is 15.1. The maximum absolute atomic E-state index is 2.54. The lowest BCUT2D eigenvalue weighted by atomic mass is 10.0. The summed E-state index contributed by atoms with van der Waals surface area (Å²) in [5, 5.41) is 0. The van der Waals surface area contributed by atoms with Gasteiger partial charge in [-0.25, -0.2) is 0 Å². The molecule has 1 aliphatic rings. The van der Waals surface area contributed by atoms with E-state index in [1.54, 1.807) is 0 Å². The third-order valence-corrected chi connectivity index (χ3v) is 5.55. The Kier molecular flexibility index (Phi) is 6.82. The molecule has 1 aliphatic carbocycles. The van der Waals surface area contributed by atoms with Crippen LogP contribution in [0.25, 0.3) is 11.1 Å². The Morgan fingerprint density at radius 1 is 0.593 bits per heavy atom. The maximum atomic E-state index is 2.54. The SMILES string of the molecule is CCCN(CCC)c1ccc2c(c1)Cc1cc(N(CCC)CCC)ccc1-2. The van der Waals surface area contributed by atoms with Crippen molar-refractivity contribution in [3.8, 4) is 11.1 Å². The van der Waals surface area contributed by atoms with Crippen LogP contribution in [0.1, 0.15) is 64.5 Å². The van der Waals surface area contributed by atoms with Crippen LogP contribution in [-0.2, 0) is 6.42 Å². The molecule has 0 aromatic heterocycles. The standard InChI is InChI=1S/C25H36N2/c1-5-13-26(14-6-2)22-9-11-24-20(18-22)17-21-19-23(10-12-25(21)24)27(15-7-3)16-8-4/h9-12,18-19H,5-8,13-17H2,1-4H3. The molecule has 0 bridgehead atoms. The second-order valence-corrected chi connectivity index (χ2v) is 7.83. The number of nitrogens with zero attached hydrogens (tertiary/aromatic N) is 2. The number of benzene rings is 2. The van der Waals surface area contributed by atoms with E-state index in [4.69, 9.17) is 0 Å². The summed E-state index contributed by atoms with van der Waals surface area (Å²) in [5.41, 5.74) is 8.65. The average molecular weight is 365 g/mol. The molecule has 2 aromatic rings. The average Bonchev–Trinajstić information content (AvgIpc) is 3.04. The first-order chi connectivity index (χ1) is 13.2. The van der Waals surface area contributed by atoms with Gasteiger partial charge in [-0.05, 0) is 78.6 Å². The van der Waals surface area contributed by atoms with Gasteiger partial charge in [0.1, 0.15) is 0 Å². The number of hydrogen-bond acceptors (Lipinski definition) is 2. The van der Waals surface area contributed by atoms with Crippen molar-refractivity contribution < 1.29 is 0 Å². The van der Waals surface area contributed by atoms with Gasteiger partial charge in [-0.1, -0.05) is 39.8 Å². The molecule has 0 atom stereocenters. The zero-order chi connectivity index (χ0) is 19.2. The summed E-state index contributed by atoms with van der Waals surface area (Å²) in [6.45, 7) is 13.7. The molecule has 0 fully saturated rings. The lowest BCUT2D eigenvalue weighted by Gasteiger charge is -2.24. The van der Waals surface area contributed by atoms with Crippen LogP contribution in [0.5, 0.6) is 0 Å². The van der Waals surface area contributed by atoms with Gasteiger partial charge in [0.2, 0.25) is 0 Å². The van der Waals surface area contributed by atoms with Gasteiger partial charge < -0.3 is 9.80 Å². The van der Waals surface area contributed by atoms with E-state index in [-0.39, 0.29) is 0 Å². The van der Waals surface area contributed by atoms with Crippen LogP contribution < -0.4 is 9.80 Å². The van der Waals surface area contributed by atoms with Crippen LogP contribution in [0.15, 0.2) is 36.4 Å². The minimum absolute atomic E-state index is 1.07. The largest absolute Gasteiger partial charge is 0.372 e. The molecule has 2 nitrogen and oxygen atoms in total. The molecule has 0 saturated heterocycles. The minimum atomic E-state index is 1.07.